The van der Waals surface area contributed by atoms with Crippen molar-refractivity contribution >= 4 is 40.7 Å². The van der Waals surface area contributed by atoms with E-state index >= 15 is 0 Å². The SMILES string of the molecule is CC(C)C#Cc1ccc(OCCO)c(C2NC(=O)CC(c3cccc(Cl)c3)C23C(=O)Nc2cc(Cl)ccc23)c1. The molecule has 1 fully saturated rings. The number of aliphatic hydroxyl groups is 1. The largest absolute Gasteiger partial charge is 0.491 e. The van der Waals surface area contributed by atoms with Crippen LogP contribution in [0.25, 0.3) is 0 Å². The predicted octanol–water partition coefficient (Wildman–Crippen LogP) is 5.61. The Bertz CT molecular complexity index is 1510. The van der Waals surface area contributed by atoms with Crippen molar-refractivity contribution in [3.05, 3.63) is 93.0 Å². The Hall–Kier alpha value is -3.50. The minimum Gasteiger partial charge on any atom is -0.491 e. The number of carbonyl (C=O) groups excluding carboxylic acids is 2. The van der Waals surface area contributed by atoms with E-state index in [1.165, 1.54) is 0 Å². The molecule has 2 heterocycles. The first-order chi connectivity index (χ1) is 18.7. The molecule has 8 heteroatoms. The number of amides is 2. The Balaban J connectivity index is 1.80. The summed E-state index contributed by atoms with van der Waals surface area (Å²) in [6.45, 7) is 3.87. The fraction of sp³-hybridized carbons (Fsp3) is 0.290. The third-order valence-electron chi connectivity index (χ3n) is 7.18. The summed E-state index contributed by atoms with van der Waals surface area (Å²) in [5, 5.41) is 16.6. The summed E-state index contributed by atoms with van der Waals surface area (Å²) in [5.74, 6) is 5.94. The van der Waals surface area contributed by atoms with Gasteiger partial charge in [0.05, 0.1) is 12.6 Å². The molecule has 0 aromatic heterocycles. The third-order valence-corrected chi connectivity index (χ3v) is 7.65. The van der Waals surface area contributed by atoms with Gasteiger partial charge in [-0.2, -0.15) is 0 Å². The van der Waals surface area contributed by atoms with Gasteiger partial charge < -0.3 is 20.5 Å². The number of hydrogen-bond acceptors (Lipinski definition) is 4. The van der Waals surface area contributed by atoms with E-state index in [0.29, 0.717) is 27.0 Å². The van der Waals surface area contributed by atoms with Crippen molar-refractivity contribution in [1.29, 1.82) is 0 Å². The van der Waals surface area contributed by atoms with E-state index < -0.39 is 17.4 Å². The molecule has 0 bridgehead atoms. The molecule has 39 heavy (non-hydrogen) atoms. The molecule has 200 valence electrons. The van der Waals surface area contributed by atoms with Gasteiger partial charge in [-0.15, -0.1) is 0 Å². The molecule has 2 amide bonds. The van der Waals surface area contributed by atoms with Gasteiger partial charge >= 0.3 is 0 Å². The molecule has 3 aromatic rings. The van der Waals surface area contributed by atoms with Gasteiger partial charge in [0, 0.05) is 45.1 Å². The number of anilines is 1. The lowest BCUT2D eigenvalue weighted by atomic mass is 9.59. The Morgan fingerprint density at radius 3 is 2.62 bits per heavy atom. The average Bonchev–Trinajstić information content (AvgIpc) is 3.18. The maximum atomic E-state index is 14.3. The minimum atomic E-state index is -1.25. The second-order valence-electron chi connectivity index (χ2n) is 10.1. The van der Waals surface area contributed by atoms with Crippen LogP contribution in [-0.4, -0.2) is 30.1 Å². The zero-order valence-electron chi connectivity index (χ0n) is 21.6. The van der Waals surface area contributed by atoms with Crippen LogP contribution >= 0.6 is 23.2 Å². The molecule has 0 aliphatic carbocycles. The number of fused-ring (bicyclic) bond motifs is 2. The lowest BCUT2D eigenvalue weighted by Crippen LogP contribution is -2.57. The van der Waals surface area contributed by atoms with Crippen LogP contribution in [0, 0.1) is 17.8 Å². The highest BCUT2D eigenvalue weighted by molar-refractivity contribution is 6.31. The van der Waals surface area contributed by atoms with E-state index in [1.807, 2.05) is 44.2 Å². The van der Waals surface area contributed by atoms with Gasteiger partial charge in [-0.1, -0.05) is 67.1 Å². The summed E-state index contributed by atoms with van der Waals surface area (Å²) >= 11 is 12.7. The monoisotopic (exact) mass is 562 g/mol. The van der Waals surface area contributed by atoms with Gasteiger partial charge in [0.25, 0.3) is 0 Å². The summed E-state index contributed by atoms with van der Waals surface area (Å²) < 4.78 is 5.94. The Morgan fingerprint density at radius 2 is 1.87 bits per heavy atom. The summed E-state index contributed by atoms with van der Waals surface area (Å²) in [6, 6.07) is 17.2. The summed E-state index contributed by atoms with van der Waals surface area (Å²) in [6.07, 6.45) is 0.0754. The van der Waals surface area contributed by atoms with E-state index in [1.54, 1.807) is 30.3 Å². The van der Waals surface area contributed by atoms with Crippen LogP contribution in [0.2, 0.25) is 10.0 Å². The summed E-state index contributed by atoms with van der Waals surface area (Å²) in [7, 11) is 0. The number of rotatable bonds is 5. The maximum Gasteiger partial charge on any atom is 0.238 e. The first-order valence-corrected chi connectivity index (χ1v) is 13.5. The normalized spacial score (nSPS) is 21.7. The predicted molar refractivity (Wildman–Crippen MR) is 152 cm³/mol. The Morgan fingerprint density at radius 1 is 1.08 bits per heavy atom. The second kappa shape index (κ2) is 10.9. The highest BCUT2D eigenvalue weighted by Crippen LogP contribution is 2.58. The highest BCUT2D eigenvalue weighted by Gasteiger charge is 2.61. The van der Waals surface area contributed by atoms with Crippen LogP contribution in [0.1, 0.15) is 54.5 Å². The van der Waals surface area contributed by atoms with E-state index in [9.17, 15) is 14.7 Å². The van der Waals surface area contributed by atoms with E-state index in [0.717, 1.165) is 16.7 Å². The van der Waals surface area contributed by atoms with Crippen molar-refractivity contribution in [2.24, 2.45) is 5.92 Å². The molecule has 5 rings (SSSR count). The van der Waals surface area contributed by atoms with Crippen LogP contribution in [0.5, 0.6) is 5.75 Å². The molecular weight excluding hydrogens is 535 g/mol. The number of nitrogens with one attached hydrogen (secondary N) is 2. The molecule has 3 N–H and O–H groups in total. The fourth-order valence-electron chi connectivity index (χ4n) is 5.64. The number of benzene rings is 3. The number of aliphatic hydroxyl groups excluding tert-OH is 1. The quantitative estimate of drug-likeness (QED) is 0.353. The zero-order valence-corrected chi connectivity index (χ0v) is 23.1. The van der Waals surface area contributed by atoms with E-state index in [4.69, 9.17) is 27.9 Å². The number of hydrogen-bond donors (Lipinski definition) is 3. The zero-order chi connectivity index (χ0) is 27.7. The van der Waals surface area contributed by atoms with Crippen LogP contribution in [0.15, 0.2) is 60.7 Å². The lowest BCUT2D eigenvalue weighted by Gasteiger charge is -2.46. The van der Waals surface area contributed by atoms with Crippen LogP contribution in [-0.2, 0) is 15.0 Å². The highest BCUT2D eigenvalue weighted by atomic mass is 35.5. The van der Waals surface area contributed by atoms with Crippen LogP contribution in [0.4, 0.5) is 5.69 Å². The van der Waals surface area contributed by atoms with Gasteiger partial charge in [-0.05, 0) is 53.6 Å². The van der Waals surface area contributed by atoms with Crippen molar-refractivity contribution in [2.45, 2.75) is 37.6 Å². The van der Waals surface area contributed by atoms with Gasteiger partial charge in [-0.25, -0.2) is 0 Å². The van der Waals surface area contributed by atoms with Crippen molar-refractivity contribution < 1.29 is 19.4 Å². The molecule has 3 aromatic carbocycles. The number of ether oxygens (including phenoxy) is 1. The van der Waals surface area contributed by atoms with Gasteiger partial charge in [0.1, 0.15) is 17.8 Å². The molecule has 2 aliphatic rings. The molecule has 2 aliphatic heterocycles. The van der Waals surface area contributed by atoms with E-state index in [-0.39, 0.29) is 37.4 Å². The Kier molecular flexibility index (Phi) is 7.59. The van der Waals surface area contributed by atoms with Crippen molar-refractivity contribution in [3.63, 3.8) is 0 Å². The summed E-state index contributed by atoms with van der Waals surface area (Å²) in [4.78, 5) is 27.6. The smallest absolute Gasteiger partial charge is 0.238 e. The third kappa shape index (κ3) is 4.98. The minimum absolute atomic E-state index is 0.0494. The number of carbonyl (C=O) groups is 2. The van der Waals surface area contributed by atoms with Gasteiger partial charge in [-0.3, -0.25) is 9.59 Å². The average molecular weight is 563 g/mol. The van der Waals surface area contributed by atoms with Crippen molar-refractivity contribution in [3.8, 4) is 17.6 Å². The fourth-order valence-corrected chi connectivity index (χ4v) is 6.01. The topological polar surface area (TPSA) is 87.7 Å². The van der Waals surface area contributed by atoms with Crippen LogP contribution < -0.4 is 15.4 Å². The van der Waals surface area contributed by atoms with Gasteiger partial charge in [0.15, 0.2) is 0 Å². The maximum absolute atomic E-state index is 14.3. The number of piperidine rings is 1. The number of halogens is 2. The summed E-state index contributed by atoms with van der Waals surface area (Å²) in [5.41, 5.74) is 2.15. The molecule has 3 atom stereocenters. The standard InChI is InChI=1S/C31H28Cl2N2O4/c1-18(2)6-7-19-8-11-27(39-13-12-36)23(14-19)29-31(24-10-9-22(33)16-26(24)34-30(31)38)25(17-28(37)35-29)20-4-3-5-21(32)15-20/h3-5,8-11,14-16,18,25,29,36H,12-13,17H2,1-2H3,(H,34,38)(H,35,37). The molecule has 6 nitrogen and oxygen atoms in total. The molecular formula is C31H28Cl2N2O4. The Labute approximate surface area is 237 Å². The second-order valence-corrected chi connectivity index (χ2v) is 10.9. The van der Waals surface area contributed by atoms with E-state index in [2.05, 4.69) is 22.5 Å². The molecule has 0 saturated carbocycles. The van der Waals surface area contributed by atoms with Gasteiger partial charge in [0.2, 0.25) is 11.8 Å². The van der Waals surface area contributed by atoms with Crippen molar-refractivity contribution in [1.82, 2.24) is 5.32 Å². The lowest BCUT2D eigenvalue weighted by molar-refractivity contribution is -0.131. The molecule has 1 spiro atoms. The first kappa shape index (κ1) is 27.1. The first-order valence-electron chi connectivity index (χ1n) is 12.8. The van der Waals surface area contributed by atoms with Crippen molar-refractivity contribution in [2.75, 3.05) is 18.5 Å². The molecule has 0 radical (unpaired) electrons. The van der Waals surface area contributed by atoms with Crippen LogP contribution in [0.3, 0.4) is 0 Å². The molecule has 1 saturated heterocycles. The molecule has 3 unspecified atom stereocenters.